The van der Waals surface area contributed by atoms with Gasteiger partial charge in [-0.3, -0.25) is 9.36 Å². The normalized spacial score (nSPS) is 12.6. The molecule has 5 nitrogen and oxygen atoms in total. The molecule has 0 aliphatic carbocycles. The van der Waals surface area contributed by atoms with E-state index in [9.17, 15) is 9.59 Å². The molecule has 0 saturated heterocycles. The van der Waals surface area contributed by atoms with E-state index in [0.717, 1.165) is 4.57 Å². The van der Waals surface area contributed by atoms with Gasteiger partial charge in [0.05, 0.1) is 17.2 Å². The Labute approximate surface area is 108 Å². The van der Waals surface area contributed by atoms with Crippen molar-refractivity contribution in [1.29, 1.82) is 0 Å². The van der Waals surface area contributed by atoms with Crippen molar-refractivity contribution in [2.24, 2.45) is 0 Å². The number of hydrogen-bond donors (Lipinski definition) is 1. The van der Waals surface area contributed by atoms with E-state index in [2.05, 4.69) is 4.98 Å². The van der Waals surface area contributed by atoms with Gasteiger partial charge in [0, 0.05) is 5.02 Å². The Hall–Kier alpha value is -1.88. The summed E-state index contributed by atoms with van der Waals surface area (Å²) in [5.74, 6) is -1.05. The van der Waals surface area contributed by atoms with Crippen LogP contribution in [0, 0.1) is 0 Å². The fraction of sp³-hybridized carbons (Fsp3) is 0.250. The van der Waals surface area contributed by atoms with Crippen LogP contribution in [0.15, 0.2) is 29.3 Å². The number of carbonyl (C=O) groups is 1. The average molecular weight is 267 g/mol. The summed E-state index contributed by atoms with van der Waals surface area (Å²) in [5, 5.41) is 9.81. The van der Waals surface area contributed by atoms with Gasteiger partial charge in [-0.15, -0.1) is 0 Å². The summed E-state index contributed by atoms with van der Waals surface area (Å²) in [7, 11) is 0. The minimum absolute atomic E-state index is 0.309. The predicted molar refractivity (Wildman–Crippen MR) is 68.0 cm³/mol. The van der Waals surface area contributed by atoms with Gasteiger partial charge >= 0.3 is 5.97 Å². The Balaban J connectivity index is 2.71. The number of halogens is 1. The quantitative estimate of drug-likeness (QED) is 0.923. The topological polar surface area (TPSA) is 72.2 Å². The van der Waals surface area contributed by atoms with Crippen molar-refractivity contribution < 1.29 is 9.90 Å². The molecule has 0 bridgehead atoms. The predicted octanol–water partition coefficient (Wildman–Crippen LogP) is 2.09. The number of aromatic nitrogens is 2. The SMILES string of the molecule is CCC(C(=O)O)n1cnc2ccc(Cl)cc2c1=O. The molecular formula is C12H11ClN2O3. The number of nitrogens with zero attached hydrogens (tertiary/aromatic N) is 2. The Bertz CT molecular complexity index is 666. The Morgan fingerprint density at radius 1 is 1.56 bits per heavy atom. The molecule has 0 fully saturated rings. The molecule has 1 aromatic carbocycles. The fourth-order valence-electron chi connectivity index (χ4n) is 1.82. The summed E-state index contributed by atoms with van der Waals surface area (Å²) in [4.78, 5) is 27.3. The van der Waals surface area contributed by atoms with Crippen molar-refractivity contribution in [2.75, 3.05) is 0 Å². The van der Waals surface area contributed by atoms with Crippen LogP contribution >= 0.6 is 11.6 Å². The third-order valence-electron chi connectivity index (χ3n) is 2.75. The molecule has 1 atom stereocenters. The second-order valence-corrected chi connectivity index (χ2v) is 4.32. The van der Waals surface area contributed by atoms with Crippen LogP contribution in [0.1, 0.15) is 19.4 Å². The maximum Gasteiger partial charge on any atom is 0.326 e. The molecular weight excluding hydrogens is 256 g/mol. The first kappa shape index (κ1) is 12.6. The maximum atomic E-state index is 12.2. The van der Waals surface area contributed by atoms with Gasteiger partial charge in [-0.05, 0) is 24.6 Å². The van der Waals surface area contributed by atoms with Crippen LogP contribution in [-0.2, 0) is 4.79 Å². The monoisotopic (exact) mass is 266 g/mol. The summed E-state index contributed by atoms with van der Waals surface area (Å²) < 4.78 is 1.13. The van der Waals surface area contributed by atoms with Gasteiger partial charge in [0.2, 0.25) is 0 Å². The van der Waals surface area contributed by atoms with Gasteiger partial charge in [-0.1, -0.05) is 18.5 Å². The molecule has 0 saturated carbocycles. The van der Waals surface area contributed by atoms with E-state index in [1.165, 1.54) is 12.4 Å². The van der Waals surface area contributed by atoms with Crippen molar-refractivity contribution >= 4 is 28.5 Å². The number of carboxylic acids is 1. The van der Waals surface area contributed by atoms with Crippen molar-refractivity contribution in [3.63, 3.8) is 0 Å². The standard InChI is InChI=1S/C12H11ClN2O3/c1-2-10(12(17)18)15-6-14-9-4-3-7(13)5-8(9)11(15)16/h3-6,10H,2H2,1H3,(H,17,18). The van der Waals surface area contributed by atoms with Gasteiger partial charge < -0.3 is 5.11 Å². The van der Waals surface area contributed by atoms with Crippen molar-refractivity contribution in [3.05, 3.63) is 39.9 Å². The average Bonchev–Trinajstić information content (AvgIpc) is 2.33. The van der Waals surface area contributed by atoms with Gasteiger partial charge in [0.15, 0.2) is 0 Å². The highest BCUT2D eigenvalue weighted by Gasteiger charge is 2.19. The van der Waals surface area contributed by atoms with Crippen LogP contribution in [0.4, 0.5) is 0 Å². The minimum atomic E-state index is -1.05. The van der Waals surface area contributed by atoms with E-state index in [4.69, 9.17) is 16.7 Å². The lowest BCUT2D eigenvalue weighted by molar-refractivity contribution is -0.141. The maximum absolute atomic E-state index is 12.2. The van der Waals surface area contributed by atoms with E-state index in [0.29, 0.717) is 22.3 Å². The molecule has 0 aliphatic heterocycles. The van der Waals surface area contributed by atoms with Crippen LogP contribution < -0.4 is 5.56 Å². The van der Waals surface area contributed by atoms with Gasteiger partial charge in [0.1, 0.15) is 6.04 Å². The summed E-state index contributed by atoms with van der Waals surface area (Å²) in [5.41, 5.74) is 0.109. The Morgan fingerprint density at radius 3 is 2.89 bits per heavy atom. The zero-order valence-corrected chi connectivity index (χ0v) is 10.4. The third-order valence-corrected chi connectivity index (χ3v) is 2.99. The molecule has 1 aromatic heterocycles. The second kappa shape index (κ2) is 4.78. The largest absolute Gasteiger partial charge is 0.480 e. The Kier molecular flexibility index (Phi) is 3.34. The van der Waals surface area contributed by atoms with Crippen LogP contribution in [0.3, 0.4) is 0 Å². The number of aliphatic carboxylic acids is 1. The zero-order chi connectivity index (χ0) is 13.3. The number of fused-ring (bicyclic) bond motifs is 1. The van der Waals surface area contributed by atoms with Gasteiger partial charge in [-0.25, -0.2) is 9.78 Å². The molecule has 2 aromatic rings. The molecule has 0 aliphatic rings. The van der Waals surface area contributed by atoms with Gasteiger partial charge in [0.25, 0.3) is 5.56 Å². The highest BCUT2D eigenvalue weighted by atomic mass is 35.5. The molecule has 0 spiro atoms. The molecule has 0 radical (unpaired) electrons. The third kappa shape index (κ3) is 2.09. The lowest BCUT2D eigenvalue weighted by Gasteiger charge is -2.13. The van der Waals surface area contributed by atoms with Crippen molar-refractivity contribution in [2.45, 2.75) is 19.4 Å². The molecule has 6 heteroatoms. The van der Waals surface area contributed by atoms with Crippen molar-refractivity contribution in [1.82, 2.24) is 9.55 Å². The van der Waals surface area contributed by atoms with E-state index in [1.54, 1.807) is 19.1 Å². The molecule has 1 N–H and O–H groups in total. The lowest BCUT2D eigenvalue weighted by Crippen LogP contribution is -2.29. The summed E-state index contributed by atoms with van der Waals surface area (Å²) in [6, 6.07) is 3.85. The van der Waals surface area contributed by atoms with E-state index in [-0.39, 0.29) is 0 Å². The summed E-state index contributed by atoms with van der Waals surface area (Å²) >= 11 is 5.83. The molecule has 1 heterocycles. The molecule has 18 heavy (non-hydrogen) atoms. The van der Waals surface area contributed by atoms with E-state index < -0.39 is 17.6 Å². The van der Waals surface area contributed by atoms with E-state index in [1.807, 2.05) is 0 Å². The number of rotatable bonds is 3. The smallest absolute Gasteiger partial charge is 0.326 e. The number of carboxylic acid groups (broad SMARTS) is 1. The summed E-state index contributed by atoms with van der Waals surface area (Å²) in [6.45, 7) is 1.70. The molecule has 2 rings (SSSR count). The van der Waals surface area contributed by atoms with Crippen LogP contribution in [0.25, 0.3) is 10.9 Å². The number of hydrogen-bond acceptors (Lipinski definition) is 3. The lowest BCUT2D eigenvalue weighted by atomic mass is 10.2. The van der Waals surface area contributed by atoms with Gasteiger partial charge in [-0.2, -0.15) is 0 Å². The first-order valence-corrected chi connectivity index (χ1v) is 5.81. The first-order chi connectivity index (χ1) is 8.54. The minimum Gasteiger partial charge on any atom is -0.480 e. The molecule has 0 amide bonds. The number of benzene rings is 1. The highest BCUT2D eigenvalue weighted by molar-refractivity contribution is 6.31. The molecule has 94 valence electrons. The summed E-state index contributed by atoms with van der Waals surface area (Å²) in [6.07, 6.45) is 1.57. The zero-order valence-electron chi connectivity index (χ0n) is 9.63. The Morgan fingerprint density at radius 2 is 2.28 bits per heavy atom. The van der Waals surface area contributed by atoms with Crippen LogP contribution in [0.5, 0.6) is 0 Å². The van der Waals surface area contributed by atoms with Crippen LogP contribution in [-0.4, -0.2) is 20.6 Å². The van der Waals surface area contributed by atoms with Crippen LogP contribution in [0.2, 0.25) is 5.02 Å². The molecule has 1 unspecified atom stereocenters. The second-order valence-electron chi connectivity index (χ2n) is 3.88. The first-order valence-electron chi connectivity index (χ1n) is 5.43. The van der Waals surface area contributed by atoms with Crippen molar-refractivity contribution in [3.8, 4) is 0 Å². The van der Waals surface area contributed by atoms with E-state index >= 15 is 0 Å². The highest BCUT2D eigenvalue weighted by Crippen LogP contribution is 2.16. The fourth-order valence-corrected chi connectivity index (χ4v) is 1.99.